The van der Waals surface area contributed by atoms with Gasteiger partial charge in [0.15, 0.2) is 5.78 Å². The molecule has 143 valence electrons. The number of carbonyl (C=O) groups excluding carboxylic acids is 1. The maximum Gasteiger partial charge on any atom is 0.155 e. The van der Waals surface area contributed by atoms with Crippen molar-refractivity contribution in [2.24, 2.45) is 0 Å². The first-order valence-electron chi connectivity index (χ1n) is 8.51. The first-order chi connectivity index (χ1) is 12.3. The van der Waals surface area contributed by atoms with Gasteiger partial charge in [0.2, 0.25) is 0 Å². The molecule has 0 aliphatic rings. The third-order valence-corrected chi connectivity index (χ3v) is 3.79. The number of nitrogens with zero attached hydrogens (tertiary/aromatic N) is 1. The minimum Gasteiger partial charge on any atom is -0.512 e. The van der Waals surface area contributed by atoms with E-state index in [1.807, 2.05) is 6.07 Å². The number of aliphatic hydroxyl groups excluding tert-OH is 1. The minimum atomic E-state index is -0.125. The molecule has 0 amide bonds. The number of allylic oxidation sites excluding steroid dienone is 2. The van der Waals surface area contributed by atoms with Crippen molar-refractivity contribution in [3.63, 3.8) is 0 Å². The van der Waals surface area contributed by atoms with Crippen LogP contribution in [0.4, 0.5) is 0 Å². The molecule has 3 rings (SSSR count). The number of aryl methyl sites for hydroxylation is 3. The SMILES string of the molecule is CC(=O)/C=C(/C)O.Cc1cc[c-]c(-c2nc3cc(C)ccc3cc2C)c1.[Ir]. The molecule has 1 radical (unpaired) electrons. The van der Waals surface area contributed by atoms with Gasteiger partial charge in [-0.15, -0.1) is 35.4 Å². The van der Waals surface area contributed by atoms with Gasteiger partial charge in [0, 0.05) is 26.2 Å². The summed E-state index contributed by atoms with van der Waals surface area (Å²) in [5, 5.41) is 9.56. The summed E-state index contributed by atoms with van der Waals surface area (Å²) in [6, 6.07) is 18.0. The van der Waals surface area contributed by atoms with E-state index in [2.05, 4.69) is 63.2 Å². The van der Waals surface area contributed by atoms with Crippen molar-refractivity contribution in [2.45, 2.75) is 34.6 Å². The largest absolute Gasteiger partial charge is 0.512 e. The molecule has 1 aromatic heterocycles. The number of carbonyl (C=O) groups is 1. The summed E-state index contributed by atoms with van der Waals surface area (Å²) < 4.78 is 0. The second kappa shape index (κ2) is 10.1. The van der Waals surface area contributed by atoms with E-state index in [1.54, 1.807) is 0 Å². The first kappa shape index (κ1) is 22.7. The van der Waals surface area contributed by atoms with Crippen LogP contribution in [0.2, 0.25) is 0 Å². The fourth-order valence-corrected chi connectivity index (χ4v) is 2.67. The third kappa shape index (κ3) is 6.74. The Morgan fingerprint density at radius 1 is 1.04 bits per heavy atom. The van der Waals surface area contributed by atoms with Crippen molar-refractivity contribution in [2.75, 3.05) is 0 Å². The molecule has 0 saturated carbocycles. The van der Waals surface area contributed by atoms with Crippen LogP contribution in [0.3, 0.4) is 0 Å². The Labute approximate surface area is 174 Å². The molecule has 0 unspecified atom stereocenters. The van der Waals surface area contributed by atoms with Gasteiger partial charge in [-0.05, 0) is 50.4 Å². The molecule has 0 atom stereocenters. The number of aromatic nitrogens is 1. The van der Waals surface area contributed by atoms with Gasteiger partial charge >= 0.3 is 0 Å². The molecule has 0 saturated heterocycles. The Kier molecular flexibility index (Phi) is 8.55. The summed E-state index contributed by atoms with van der Waals surface area (Å²) in [6.07, 6.45) is 1.17. The predicted molar refractivity (Wildman–Crippen MR) is 107 cm³/mol. The molecule has 4 heteroatoms. The standard InChI is InChI=1S/C18H16N.C5H8O2.Ir/c1-12-5-4-6-16(9-12)18-14(3)11-15-8-7-13(2)10-17(15)19-18;1-4(6)3-5(2)7;/h4-5,7-11H,1-3H3;3,6H,1-2H3;/q-1;;/b;4-3-;. The second-order valence-corrected chi connectivity index (χ2v) is 6.53. The number of aliphatic hydroxyl groups is 1. The quantitative estimate of drug-likeness (QED) is 0.260. The Balaban J connectivity index is 0.000000395. The Morgan fingerprint density at radius 3 is 2.26 bits per heavy atom. The fraction of sp³-hybridized carbons (Fsp3) is 0.217. The van der Waals surface area contributed by atoms with Crippen LogP contribution in [-0.4, -0.2) is 15.9 Å². The number of ketones is 1. The summed E-state index contributed by atoms with van der Waals surface area (Å²) in [4.78, 5) is 14.8. The normalized spacial score (nSPS) is 10.6. The van der Waals surface area contributed by atoms with E-state index in [4.69, 9.17) is 10.1 Å². The molecule has 0 aliphatic heterocycles. The first-order valence-corrected chi connectivity index (χ1v) is 8.51. The van der Waals surface area contributed by atoms with Gasteiger partial charge in [-0.2, -0.15) is 0 Å². The van der Waals surface area contributed by atoms with Crippen molar-refractivity contribution in [3.8, 4) is 11.3 Å². The zero-order chi connectivity index (χ0) is 19.3. The number of benzene rings is 2. The van der Waals surface area contributed by atoms with Crippen molar-refractivity contribution in [1.82, 2.24) is 4.98 Å². The van der Waals surface area contributed by atoms with Gasteiger partial charge in [0.1, 0.15) is 0 Å². The van der Waals surface area contributed by atoms with Crippen LogP contribution in [0.25, 0.3) is 22.2 Å². The van der Waals surface area contributed by atoms with Crippen LogP contribution in [0.15, 0.2) is 54.3 Å². The number of hydrogen-bond donors (Lipinski definition) is 1. The summed E-state index contributed by atoms with van der Waals surface area (Å²) in [5.74, 6) is -0.0625. The van der Waals surface area contributed by atoms with Gasteiger partial charge in [-0.3, -0.25) is 9.78 Å². The van der Waals surface area contributed by atoms with E-state index in [-0.39, 0.29) is 31.6 Å². The van der Waals surface area contributed by atoms with Crippen LogP contribution >= 0.6 is 0 Å². The van der Waals surface area contributed by atoms with Crippen LogP contribution in [0, 0.1) is 26.8 Å². The predicted octanol–water partition coefficient (Wildman–Crippen LogP) is 5.66. The number of fused-ring (bicyclic) bond motifs is 1. The molecule has 1 heterocycles. The van der Waals surface area contributed by atoms with Crippen LogP contribution in [0.1, 0.15) is 30.5 Å². The third-order valence-electron chi connectivity index (χ3n) is 3.79. The second-order valence-electron chi connectivity index (χ2n) is 6.53. The van der Waals surface area contributed by atoms with Gasteiger partial charge in [0.05, 0.1) is 11.3 Å². The van der Waals surface area contributed by atoms with E-state index in [0.29, 0.717) is 0 Å². The topological polar surface area (TPSA) is 50.2 Å². The maximum absolute atomic E-state index is 10.0. The van der Waals surface area contributed by atoms with Crippen molar-refractivity contribution in [3.05, 3.63) is 77.1 Å². The van der Waals surface area contributed by atoms with Crippen molar-refractivity contribution < 1.29 is 30.0 Å². The number of rotatable bonds is 2. The number of pyridine rings is 1. The van der Waals surface area contributed by atoms with Crippen LogP contribution in [0.5, 0.6) is 0 Å². The summed E-state index contributed by atoms with van der Waals surface area (Å²) >= 11 is 0. The summed E-state index contributed by atoms with van der Waals surface area (Å²) in [7, 11) is 0. The maximum atomic E-state index is 10.0. The molecule has 3 nitrogen and oxygen atoms in total. The summed E-state index contributed by atoms with van der Waals surface area (Å²) in [5.41, 5.74) is 6.82. The smallest absolute Gasteiger partial charge is 0.155 e. The van der Waals surface area contributed by atoms with E-state index in [1.165, 1.54) is 42.0 Å². The van der Waals surface area contributed by atoms with E-state index in [9.17, 15) is 4.79 Å². The van der Waals surface area contributed by atoms with E-state index < -0.39 is 0 Å². The van der Waals surface area contributed by atoms with Crippen LogP contribution in [-0.2, 0) is 24.9 Å². The van der Waals surface area contributed by atoms with Gasteiger partial charge in [-0.1, -0.05) is 30.7 Å². The Morgan fingerprint density at radius 2 is 1.70 bits per heavy atom. The average Bonchev–Trinajstić information content (AvgIpc) is 2.54. The molecular weight excluding hydrogens is 514 g/mol. The van der Waals surface area contributed by atoms with Crippen molar-refractivity contribution >= 4 is 16.7 Å². The molecule has 0 bridgehead atoms. The van der Waals surface area contributed by atoms with E-state index >= 15 is 0 Å². The molecule has 2 aromatic carbocycles. The molecule has 3 aromatic rings. The average molecular weight is 539 g/mol. The zero-order valence-electron chi connectivity index (χ0n) is 16.3. The van der Waals surface area contributed by atoms with Gasteiger partial charge in [-0.25, -0.2) is 0 Å². The molecule has 0 aliphatic carbocycles. The van der Waals surface area contributed by atoms with Crippen LogP contribution < -0.4 is 0 Å². The van der Waals surface area contributed by atoms with Gasteiger partial charge in [0.25, 0.3) is 0 Å². The monoisotopic (exact) mass is 539 g/mol. The molecular formula is C23H24IrNO2-. The zero-order valence-corrected chi connectivity index (χ0v) is 18.6. The van der Waals surface area contributed by atoms with E-state index in [0.717, 1.165) is 16.8 Å². The molecule has 1 N–H and O–H groups in total. The van der Waals surface area contributed by atoms with Gasteiger partial charge < -0.3 is 5.11 Å². The molecule has 27 heavy (non-hydrogen) atoms. The Hall–Kier alpha value is -2.29. The fourth-order valence-electron chi connectivity index (χ4n) is 2.67. The number of hydrogen-bond acceptors (Lipinski definition) is 3. The molecule has 0 spiro atoms. The minimum absolute atomic E-state index is 0. The summed E-state index contributed by atoms with van der Waals surface area (Å²) in [6.45, 7) is 9.15. The Bertz CT molecular complexity index is 973. The van der Waals surface area contributed by atoms with Crippen molar-refractivity contribution in [1.29, 1.82) is 0 Å². The molecule has 0 fully saturated rings.